The zero-order chi connectivity index (χ0) is 25.9. The molecule has 0 saturated carbocycles. The molecule has 0 fully saturated rings. The number of ether oxygens (including phenoxy) is 2. The van der Waals surface area contributed by atoms with Crippen molar-refractivity contribution in [2.45, 2.75) is 25.1 Å². The molecule has 1 atom stereocenters. The van der Waals surface area contributed by atoms with Gasteiger partial charge in [-0.1, -0.05) is 23.4 Å². The molecular formula is C21H21ClFN5O5S2. The van der Waals surface area contributed by atoms with Crippen molar-refractivity contribution in [3.63, 3.8) is 0 Å². The molecule has 3 rings (SSSR count). The van der Waals surface area contributed by atoms with Gasteiger partial charge in [0.1, 0.15) is 16.6 Å². The molecule has 14 heteroatoms. The Morgan fingerprint density at radius 1 is 1.34 bits per heavy atom. The molecule has 186 valence electrons. The number of thioether (sulfide) groups is 1. The fraction of sp³-hybridized carbons (Fsp3) is 0.286. The number of rotatable bonds is 9. The molecule has 2 heterocycles. The number of nitrogens with two attached hydrogens (primary N) is 1. The number of nitrogens with zero attached hydrogens (tertiary/aromatic N) is 3. The number of primary amides is 1. The molecule has 0 saturated heterocycles. The van der Waals surface area contributed by atoms with E-state index in [2.05, 4.69) is 15.5 Å². The van der Waals surface area contributed by atoms with Crippen LogP contribution >= 0.6 is 34.7 Å². The van der Waals surface area contributed by atoms with Gasteiger partial charge in [0.2, 0.25) is 5.91 Å². The van der Waals surface area contributed by atoms with Gasteiger partial charge in [0.25, 0.3) is 5.91 Å². The summed E-state index contributed by atoms with van der Waals surface area (Å²) in [5, 5.41) is 11.6. The second-order valence-electron chi connectivity index (χ2n) is 7.19. The molecule has 3 aromatic rings. The van der Waals surface area contributed by atoms with Crippen LogP contribution in [0.15, 0.2) is 23.4 Å². The van der Waals surface area contributed by atoms with E-state index in [1.54, 1.807) is 25.5 Å². The zero-order valence-corrected chi connectivity index (χ0v) is 21.4. The summed E-state index contributed by atoms with van der Waals surface area (Å²) in [4.78, 5) is 36.5. The van der Waals surface area contributed by atoms with Crippen LogP contribution in [-0.2, 0) is 16.6 Å². The van der Waals surface area contributed by atoms with Crippen molar-refractivity contribution in [3.05, 3.63) is 50.9 Å². The minimum absolute atomic E-state index is 0.0610. The largest absolute Gasteiger partial charge is 0.481 e. The van der Waals surface area contributed by atoms with E-state index in [0.29, 0.717) is 22.3 Å². The number of benzene rings is 1. The van der Waals surface area contributed by atoms with Gasteiger partial charge in [-0.25, -0.2) is 9.18 Å². The molecule has 10 nitrogen and oxygen atoms in total. The van der Waals surface area contributed by atoms with Crippen molar-refractivity contribution in [1.29, 1.82) is 0 Å². The highest BCUT2D eigenvalue weighted by Crippen LogP contribution is 2.34. The molecular weight excluding hydrogens is 521 g/mol. The number of esters is 1. The number of thiophene rings is 1. The monoisotopic (exact) mass is 541 g/mol. The van der Waals surface area contributed by atoms with E-state index in [-0.39, 0.29) is 26.2 Å². The maximum atomic E-state index is 13.3. The predicted molar refractivity (Wildman–Crippen MR) is 130 cm³/mol. The number of halogens is 2. The topological polar surface area (TPSA) is 138 Å². The summed E-state index contributed by atoms with van der Waals surface area (Å²) in [5.74, 6) is -1.63. The Bertz CT molecular complexity index is 1300. The molecule has 2 amide bonds. The third-order valence-corrected chi connectivity index (χ3v) is 7.31. The van der Waals surface area contributed by atoms with Gasteiger partial charge in [-0.05, 0) is 37.6 Å². The number of nitrogens with one attached hydrogen (secondary N) is 1. The van der Waals surface area contributed by atoms with Gasteiger partial charge >= 0.3 is 5.97 Å². The Morgan fingerprint density at radius 3 is 2.69 bits per heavy atom. The van der Waals surface area contributed by atoms with Gasteiger partial charge in [0, 0.05) is 7.05 Å². The van der Waals surface area contributed by atoms with Gasteiger partial charge in [0.15, 0.2) is 17.1 Å². The van der Waals surface area contributed by atoms with Gasteiger partial charge in [-0.15, -0.1) is 21.5 Å². The van der Waals surface area contributed by atoms with Gasteiger partial charge in [0.05, 0.1) is 28.3 Å². The predicted octanol–water partition coefficient (Wildman–Crippen LogP) is 3.73. The quantitative estimate of drug-likeness (QED) is 0.308. The van der Waals surface area contributed by atoms with Crippen molar-refractivity contribution < 1.29 is 28.2 Å². The second-order valence-corrected chi connectivity index (χ2v) is 9.56. The third kappa shape index (κ3) is 5.92. The Labute approximate surface area is 212 Å². The average Bonchev–Trinajstić information content (AvgIpc) is 3.33. The van der Waals surface area contributed by atoms with Gasteiger partial charge < -0.3 is 25.1 Å². The van der Waals surface area contributed by atoms with Crippen LogP contribution < -0.4 is 15.8 Å². The van der Waals surface area contributed by atoms with Crippen molar-refractivity contribution in [3.8, 4) is 5.75 Å². The molecule has 2 aromatic heterocycles. The normalized spacial score (nSPS) is 11.7. The summed E-state index contributed by atoms with van der Waals surface area (Å²) in [6.45, 7) is 3.28. The second kappa shape index (κ2) is 11.1. The number of amides is 2. The highest BCUT2D eigenvalue weighted by atomic mass is 35.5. The lowest BCUT2D eigenvalue weighted by Gasteiger charge is -2.15. The number of carbonyl (C=O) groups excluding carboxylic acids is 3. The SMILES string of the molecule is COC(=O)c1c(NC(=O)CSc2nnc(C(C)Oc3ccc(F)cc3Cl)n2C)sc(C(N)=O)c1C. The maximum absolute atomic E-state index is 13.3. The average molecular weight is 542 g/mol. The first-order valence-corrected chi connectivity index (χ1v) is 12.2. The summed E-state index contributed by atoms with van der Waals surface area (Å²) in [6.07, 6.45) is -0.567. The molecule has 0 radical (unpaired) electrons. The van der Waals surface area contributed by atoms with Crippen molar-refractivity contribution in [2.24, 2.45) is 12.8 Å². The highest BCUT2D eigenvalue weighted by molar-refractivity contribution is 7.99. The summed E-state index contributed by atoms with van der Waals surface area (Å²) in [6, 6.07) is 3.80. The molecule has 0 bridgehead atoms. The number of hydrogen-bond donors (Lipinski definition) is 2. The van der Waals surface area contributed by atoms with Crippen LogP contribution in [0.4, 0.5) is 9.39 Å². The molecule has 1 aromatic carbocycles. The minimum Gasteiger partial charge on any atom is -0.481 e. The first-order chi connectivity index (χ1) is 16.5. The van der Waals surface area contributed by atoms with Crippen molar-refractivity contribution in [2.75, 3.05) is 18.2 Å². The molecule has 0 spiro atoms. The van der Waals surface area contributed by atoms with Gasteiger partial charge in [-0.2, -0.15) is 0 Å². The number of hydrogen-bond acceptors (Lipinski definition) is 9. The summed E-state index contributed by atoms with van der Waals surface area (Å²) in [7, 11) is 2.91. The summed E-state index contributed by atoms with van der Waals surface area (Å²) < 4.78 is 25.4. The van der Waals surface area contributed by atoms with Crippen molar-refractivity contribution in [1.82, 2.24) is 14.8 Å². The number of methoxy groups -OCH3 is 1. The lowest BCUT2D eigenvalue weighted by molar-refractivity contribution is -0.113. The molecule has 0 aliphatic rings. The Kier molecular flexibility index (Phi) is 8.35. The fourth-order valence-corrected chi connectivity index (χ4v) is 5.09. The van der Waals surface area contributed by atoms with Crippen molar-refractivity contribution >= 4 is 57.5 Å². The van der Waals surface area contributed by atoms with E-state index in [9.17, 15) is 18.8 Å². The third-order valence-electron chi connectivity index (χ3n) is 4.78. The van der Waals surface area contributed by atoms with E-state index < -0.39 is 29.7 Å². The number of carbonyl (C=O) groups is 3. The van der Waals surface area contributed by atoms with E-state index in [4.69, 9.17) is 26.8 Å². The first-order valence-electron chi connectivity index (χ1n) is 9.98. The fourth-order valence-electron chi connectivity index (χ4n) is 3.10. The minimum atomic E-state index is -0.711. The Balaban J connectivity index is 1.68. The Morgan fingerprint density at radius 2 is 2.06 bits per heavy atom. The maximum Gasteiger partial charge on any atom is 0.341 e. The van der Waals surface area contributed by atoms with Crippen LogP contribution in [0.3, 0.4) is 0 Å². The molecule has 35 heavy (non-hydrogen) atoms. The van der Waals surface area contributed by atoms with Crippen LogP contribution in [0.2, 0.25) is 5.02 Å². The molecule has 0 aliphatic heterocycles. The summed E-state index contributed by atoms with van der Waals surface area (Å²) in [5.41, 5.74) is 5.78. The van der Waals surface area contributed by atoms with Crippen LogP contribution in [0.5, 0.6) is 5.75 Å². The smallest absolute Gasteiger partial charge is 0.341 e. The highest BCUT2D eigenvalue weighted by Gasteiger charge is 2.26. The number of anilines is 1. The van der Waals surface area contributed by atoms with E-state index >= 15 is 0 Å². The number of aromatic nitrogens is 3. The van der Waals surface area contributed by atoms with Crippen LogP contribution in [0, 0.1) is 12.7 Å². The summed E-state index contributed by atoms with van der Waals surface area (Å²) >= 11 is 8.02. The van der Waals surface area contributed by atoms with Gasteiger partial charge in [-0.3, -0.25) is 9.59 Å². The molecule has 3 N–H and O–H groups in total. The lowest BCUT2D eigenvalue weighted by Crippen LogP contribution is -2.16. The van der Waals surface area contributed by atoms with Crippen LogP contribution in [0.1, 0.15) is 44.4 Å². The molecule has 0 aliphatic carbocycles. The van der Waals surface area contributed by atoms with E-state index in [0.717, 1.165) is 29.2 Å². The Hall–Kier alpha value is -3.16. The lowest BCUT2D eigenvalue weighted by atomic mass is 10.1. The standard InChI is InChI=1S/C21H21ClFN5O5S2/c1-9-15(20(31)32-4)19(35-16(9)17(24)30)25-14(29)8-34-21-27-26-18(28(21)3)10(2)33-13-6-5-11(23)7-12(13)22/h5-7,10H,8H2,1-4H3,(H2,24,30)(H,25,29). The zero-order valence-electron chi connectivity index (χ0n) is 19.0. The van der Waals surface area contributed by atoms with Crippen LogP contribution in [-0.4, -0.2) is 45.4 Å². The van der Waals surface area contributed by atoms with E-state index in [1.807, 2.05) is 0 Å². The first kappa shape index (κ1) is 26.4. The van der Waals surface area contributed by atoms with Crippen LogP contribution in [0.25, 0.3) is 0 Å². The molecule has 1 unspecified atom stereocenters. The van der Waals surface area contributed by atoms with E-state index in [1.165, 1.54) is 19.2 Å².